The third-order valence-electron chi connectivity index (χ3n) is 6.56. The fourth-order valence-electron chi connectivity index (χ4n) is 4.24. The first-order chi connectivity index (χ1) is 16.6. The summed E-state index contributed by atoms with van der Waals surface area (Å²) >= 11 is 0. The summed E-state index contributed by atoms with van der Waals surface area (Å²) in [5.41, 5.74) is -0.424. The third-order valence-corrected chi connectivity index (χ3v) is 6.56. The number of allylic oxidation sites excluding steroid dienone is 1. The Balaban J connectivity index is 2.29. The molecule has 1 saturated carbocycles. The van der Waals surface area contributed by atoms with E-state index < -0.39 is 28.9 Å². The normalized spacial score (nSPS) is 21.1. The molecule has 0 heterocycles. The molecule has 0 saturated heterocycles. The highest BCUT2D eigenvalue weighted by atomic mass is 19.1. The van der Waals surface area contributed by atoms with Crippen LogP contribution in [0.15, 0.2) is 41.9 Å². The summed E-state index contributed by atoms with van der Waals surface area (Å²) in [5.74, 6) is -3.00. The number of likely N-dealkylation sites (N-methyl/N-ethyl adjacent to an activating group) is 1. The van der Waals surface area contributed by atoms with Crippen LogP contribution < -0.4 is 5.32 Å². The van der Waals surface area contributed by atoms with Crippen LogP contribution in [-0.2, 0) is 25.7 Å². The number of carbonyl (C=O) groups is 3. The van der Waals surface area contributed by atoms with E-state index in [1.165, 1.54) is 24.1 Å². The monoisotopic (exact) mass is 493 g/mol. The molecular weight excluding hydrogens is 460 g/mol. The Morgan fingerprint density at radius 3 is 2.43 bits per heavy atom. The second-order valence-corrected chi connectivity index (χ2v) is 8.91. The lowest BCUT2D eigenvalue weighted by Gasteiger charge is -2.47. The molecule has 1 aliphatic carbocycles. The van der Waals surface area contributed by atoms with Crippen molar-refractivity contribution in [3.05, 3.63) is 59.1 Å². The van der Waals surface area contributed by atoms with Crippen molar-refractivity contribution in [3.63, 3.8) is 0 Å². The maximum atomic E-state index is 13.9. The maximum absolute atomic E-state index is 13.9. The number of ether oxygens (including phenoxy) is 1. The Morgan fingerprint density at radius 1 is 1.26 bits per heavy atom. The van der Waals surface area contributed by atoms with Crippen molar-refractivity contribution in [2.24, 2.45) is 0 Å². The SMILES string of the molecule is COC1CCC(CN(/C=C(\C)C(=O)NCc2ccc(F)cc2F)C(=CO)C(=O)C=O)(N(C)C)CC1. The summed E-state index contributed by atoms with van der Waals surface area (Å²) < 4.78 is 32.5. The zero-order valence-electron chi connectivity index (χ0n) is 20.5. The van der Waals surface area contributed by atoms with Crippen molar-refractivity contribution in [3.8, 4) is 0 Å². The molecule has 2 rings (SSSR count). The van der Waals surface area contributed by atoms with Gasteiger partial charge in [0.2, 0.25) is 11.7 Å². The lowest BCUT2D eigenvalue weighted by molar-refractivity contribution is -0.128. The molecule has 1 aliphatic rings. The number of nitrogens with one attached hydrogen (secondary N) is 1. The molecule has 0 unspecified atom stereocenters. The van der Waals surface area contributed by atoms with Crippen LogP contribution in [0, 0.1) is 11.6 Å². The molecule has 0 aromatic heterocycles. The Morgan fingerprint density at radius 2 is 1.91 bits per heavy atom. The van der Waals surface area contributed by atoms with E-state index in [9.17, 15) is 28.3 Å². The Kier molecular flexibility index (Phi) is 10.1. The molecule has 1 aromatic rings. The Hall–Kier alpha value is -3.11. The molecule has 0 bridgehead atoms. The predicted octanol–water partition coefficient (Wildman–Crippen LogP) is 2.84. The van der Waals surface area contributed by atoms with E-state index in [4.69, 9.17) is 4.74 Å². The largest absolute Gasteiger partial charge is 0.513 e. The lowest BCUT2D eigenvalue weighted by atomic mass is 9.78. The number of aliphatic hydroxyl groups is 1. The van der Waals surface area contributed by atoms with Crippen molar-refractivity contribution < 1.29 is 33.0 Å². The average Bonchev–Trinajstić information content (AvgIpc) is 2.83. The summed E-state index contributed by atoms with van der Waals surface area (Å²) in [7, 11) is 5.49. The van der Waals surface area contributed by atoms with Gasteiger partial charge >= 0.3 is 0 Å². The van der Waals surface area contributed by atoms with Gasteiger partial charge in [-0.05, 0) is 52.8 Å². The molecule has 1 amide bonds. The fourth-order valence-corrected chi connectivity index (χ4v) is 4.24. The summed E-state index contributed by atoms with van der Waals surface area (Å²) in [6.45, 7) is 1.54. The quantitative estimate of drug-likeness (QED) is 0.212. The van der Waals surface area contributed by atoms with E-state index in [1.807, 2.05) is 19.0 Å². The minimum absolute atomic E-state index is 0.0970. The highest BCUT2D eigenvalue weighted by Crippen LogP contribution is 2.35. The molecule has 8 nitrogen and oxygen atoms in total. The summed E-state index contributed by atoms with van der Waals surface area (Å²) in [4.78, 5) is 39.6. The smallest absolute Gasteiger partial charge is 0.248 e. The number of hydrogen-bond donors (Lipinski definition) is 2. The first kappa shape index (κ1) is 28.1. The summed E-state index contributed by atoms with van der Waals surface area (Å²) in [6.07, 6.45) is 5.18. The molecule has 0 spiro atoms. The summed E-state index contributed by atoms with van der Waals surface area (Å²) in [5, 5.41) is 12.3. The molecule has 0 radical (unpaired) electrons. The van der Waals surface area contributed by atoms with Crippen LogP contribution in [0.25, 0.3) is 0 Å². The minimum Gasteiger partial charge on any atom is -0.513 e. The highest BCUT2D eigenvalue weighted by Gasteiger charge is 2.39. The van der Waals surface area contributed by atoms with E-state index in [0.717, 1.165) is 37.8 Å². The number of rotatable bonds is 11. The van der Waals surface area contributed by atoms with Gasteiger partial charge in [-0.1, -0.05) is 6.07 Å². The van der Waals surface area contributed by atoms with E-state index in [2.05, 4.69) is 5.32 Å². The number of benzene rings is 1. The number of ketones is 1. The van der Waals surface area contributed by atoms with Gasteiger partial charge in [-0.3, -0.25) is 14.4 Å². The van der Waals surface area contributed by atoms with Crippen LogP contribution >= 0.6 is 0 Å². The van der Waals surface area contributed by atoms with Crippen LogP contribution in [-0.4, -0.2) is 72.3 Å². The number of hydrogen-bond acceptors (Lipinski definition) is 7. The zero-order valence-corrected chi connectivity index (χ0v) is 20.5. The topological polar surface area (TPSA) is 99.2 Å². The fraction of sp³-hybridized carbons (Fsp3) is 0.480. The van der Waals surface area contributed by atoms with Gasteiger partial charge in [-0.15, -0.1) is 0 Å². The van der Waals surface area contributed by atoms with Crippen LogP contribution in [0.2, 0.25) is 0 Å². The van der Waals surface area contributed by atoms with Crippen molar-refractivity contribution >= 4 is 18.0 Å². The highest BCUT2D eigenvalue weighted by molar-refractivity contribution is 6.32. The van der Waals surface area contributed by atoms with Gasteiger partial charge in [0.15, 0.2) is 6.29 Å². The lowest BCUT2D eigenvalue weighted by Crippen LogP contribution is -2.54. The van der Waals surface area contributed by atoms with Crippen molar-refractivity contribution in [1.82, 2.24) is 15.1 Å². The van der Waals surface area contributed by atoms with E-state index >= 15 is 0 Å². The maximum Gasteiger partial charge on any atom is 0.248 e. The van der Waals surface area contributed by atoms with Gasteiger partial charge in [0.1, 0.15) is 23.6 Å². The Bertz CT molecular complexity index is 985. The predicted molar refractivity (Wildman–Crippen MR) is 126 cm³/mol. The van der Waals surface area contributed by atoms with Gasteiger partial charge < -0.3 is 25.0 Å². The Labute approximate surface area is 204 Å². The van der Waals surface area contributed by atoms with E-state index in [1.54, 1.807) is 7.11 Å². The van der Waals surface area contributed by atoms with E-state index in [-0.39, 0.29) is 42.3 Å². The minimum atomic E-state index is -0.940. The molecule has 1 fully saturated rings. The molecule has 0 aliphatic heterocycles. The van der Waals surface area contributed by atoms with Crippen LogP contribution in [0.4, 0.5) is 8.78 Å². The standard InChI is InChI=1S/C25H33F2N3O5/c1-17(24(34)28-12-18-5-6-19(26)11-21(18)27)13-30(22(14-31)23(33)15-32)16-25(29(2)3)9-7-20(35-4)8-10-25/h5-6,11,13-15,20,31H,7-10,12,16H2,1-4H3,(H,28,34)/b17-13+,22-14?. The van der Waals surface area contributed by atoms with Crippen LogP contribution in [0.5, 0.6) is 0 Å². The average molecular weight is 494 g/mol. The molecule has 35 heavy (non-hydrogen) atoms. The molecule has 0 atom stereocenters. The van der Waals surface area contributed by atoms with Crippen LogP contribution in [0.3, 0.4) is 0 Å². The third kappa shape index (κ3) is 7.19. The number of aliphatic hydroxyl groups excluding tert-OH is 1. The summed E-state index contributed by atoms with van der Waals surface area (Å²) in [6, 6.07) is 3.06. The first-order valence-electron chi connectivity index (χ1n) is 11.3. The van der Waals surface area contributed by atoms with Crippen molar-refractivity contribution in [2.45, 2.75) is 50.8 Å². The molecular formula is C25H33F2N3O5. The van der Waals surface area contributed by atoms with Gasteiger partial charge in [0, 0.05) is 49.1 Å². The number of Topliss-reactive ketones (excluding diaryl/α,β-unsaturated/α-hetero) is 1. The molecule has 1 aromatic carbocycles. The molecule has 192 valence electrons. The van der Waals surface area contributed by atoms with Crippen molar-refractivity contribution in [2.75, 3.05) is 27.7 Å². The van der Waals surface area contributed by atoms with Gasteiger partial charge in [-0.25, -0.2) is 8.78 Å². The van der Waals surface area contributed by atoms with Crippen LogP contribution in [0.1, 0.15) is 38.2 Å². The van der Waals surface area contributed by atoms with Gasteiger partial charge in [-0.2, -0.15) is 0 Å². The van der Waals surface area contributed by atoms with Crippen molar-refractivity contribution in [1.29, 1.82) is 0 Å². The van der Waals surface area contributed by atoms with Gasteiger partial charge in [0.05, 0.1) is 6.10 Å². The van der Waals surface area contributed by atoms with Gasteiger partial charge in [0.25, 0.3) is 0 Å². The zero-order chi connectivity index (χ0) is 26.2. The number of methoxy groups -OCH3 is 1. The number of halogens is 2. The second-order valence-electron chi connectivity index (χ2n) is 8.91. The number of amides is 1. The molecule has 2 N–H and O–H groups in total. The molecule has 10 heteroatoms. The number of nitrogens with zero attached hydrogens (tertiary/aromatic N) is 2. The van der Waals surface area contributed by atoms with E-state index in [0.29, 0.717) is 6.26 Å². The number of carbonyl (C=O) groups excluding carboxylic acids is 3. The number of aldehydes is 1. The first-order valence-corrected chi connectivity index (χ1v) is 11.3. The second kappa shape index (κ2) is 12.6.